The number of hydrogen-bond donors (Lipinski definition) is 1. The number of benzene rings is 2. The van der Waals surface area contributed by atoms with Crippen LogP contribution in [0.15, 0.2) is 59.5 Å². The first-order chi connectivity index (χ1) is 11.4. The van der Waals surface area contributed by atoms with E-state index in [0.29, 0.717) is 0 Å². The van der Waals surface area contributed by atoms with Crippen LogP contribution in [0.4, 0.5) is 0 Å². The molecule has 6 nitrogen and oxygen atoms in total. The van der Waals surface area contributed by atoms with Crippen LogP contribution in [0.2, 0.25) is 0 Å². The Morgan fingerprint density at radius 1 is 1.08 bits per heavy atom. The monoisotopic (exact) mass is 349 g/mol. The van der Waals surface area contributed by atoms with Gasteiger partial charge in [0.05, 0.1) is 11.5 Å². The molecular formula is C17H19NO5S. The van der Waals surface area contributed by atoms with Crippen LogP contribution in [-0.4, -0.2) is 27.0 Å². The molecule has 7 heteroatoms. The zero-order chi connectivity index (χ0) is 17.6. The van der Waals surface area contributed by atoms with E-state index in [4.69, 9.17) is 14.7 Å². The number of ether oxygens (including phenoxy) is 1. The first-order valence-electron chi connectivity index (χ1n) is 7.28. The SMILES string of the molecule is Cc1ccc(S(=O)(=O)OC(N)C(=O)COCc2ccccc2)cc1. The van der Waals surface area contributed by atoms with E-state index in [0.717, 1.165) is 11.1 Å². The predicted molar refractivity (Wildman–Crippen MR) is 88.5 cm³/mol. The molecule has 0 saturated heterocycles. The Morgan fingerprint density at radius 3 is 2.33 bits per heavy atom. The van der Waals surface area contributed by atoms with Crippen molar-refractivity contribution < 1.29 is 22.1 Å². The van der Waals surface area contributed by atoms with Crippen molar-refractivity contribution >= 4 is 15.9 Å². The predicted octanol–water partition coefficient (Wildman–Crippen LogP) is 1.77. The average Bonchev–Trinajstić information content (AvgIpc) is 2.55. The van der Waals surface area contributed by atoms with Crippen LogP contribution in [0.3, 0.4) is 0 Å². The van der Waals surface area contributed by atoms with Crippen LogP contribution in [-0.2, 0) is 30.4 Å². The van der Waals surface area contributed by atoms with E-state index in [2.05, 4.69) is 0 Å². The number of carbonyl (C=O) groups is 1. The first-order valence-corrected chi connectivity index (χ1v) is 8.69. The molecule has 128 valence electrons. The van der Waals surface area contributed by atoms with Crippen LogP contribution in [0.1, 0.15) is 11.1 Å². The topological polar surface area (TPSA) is 95.7 Å². The Morgan fingerprint density at radius 2 is 1.71 bits per heavy atom. The van der Waals surface area contributed by atoms with Gasteiger partial charge in [-0.3, -0.25) is 10.5 Å². The summed E-state index contributed by atoms with van der Waals surface area (Å²) in [7, 11) is -4.10. The lowest BCUT2D eigenvalue weighted by molar-refractivity contribution is -0.130. The fourth-order valence-corrected chi connectivity index (χ4v) is 2.84. The summed E-state index contributed by atoms with van der Waals surface area (Å²) in [6, 6.07) is 15.3. The first kappa shape index (κ1) is 18.3. The molecule has 0 aromatic heterocycles. The van der Waals surface area contributed by atoms with E-state index < -0.39 is 22.1 Å². The highest BCUT2D eigenvalue weighted by molar-refractivity contribution is 7.86. The van der Waals surface area contributed by atoms with Gasteiger partial charge in [0.1, 0.15) is 6.61 Å². The zero-order valence-electron chi connectivity index (χ0n) is 13.2. The third-order valence-electron chi connectivity index (χ3n) is 3.21. The van der Waals surface area contributed by atoms with Crippen molar-refractivity contribution in [3.05, 3.63) is 65.7 Å². The Kier molecular flexibility index (Phi) is 6.22. The third-order valence-corrected chi connectivity index (χ3v) is 4.52. The lowest BCUT2D eigenvalue weighted by Gasteiger charge is -2.12. The van der Waals surface area contributed by atoms with Crippen LogP contribution in [0, 0.1) is 6.92 Å². The molecule has 0 aliphatic heterocycles. The van der Waals surface area contributed by atoms with Gasteiger partial charge in [-0.15, -0.1) is 0 Å². The molecule has 2 rings (SSSR count). The van der Waals surface area contributed by atoms with Gasteiger partial charge in [0.2, 0.25) is 5.78 Å². The minimum absolute atomic E-state index is 0.0541. The van der Waals surface area contributed by atoms with Crippen molar-refractivity contribution in [3.63, 3.8) is 0 Å². The normalized spacial score (nSPS) is 12.8. The standard InChI is InChI=1S/C17H19NO5S/c1-13-7-9-15(10-8-13)24(20,21)23-17(18)16(19)12-22-11-14-5-3-2-4-6-14/h2-10,17H,11-12,18H2,1H3. The summed E-state index contributed by atoms with van der Waals surface area (Å²) < 4.78 is 34.1. The highest BCUT2D eigenvalue weighted by atomic mass is 32.2. The second kappa shape index (κ2) is 8.16. The van der Waals surface area contributed by atoms with Crippen molar-refractivity contribution in [1.29, 1.82) is 0 Å². The summed E-state index contributed by atoms with van der Waals surface area (Å²) in [5, 5.41) is 0. The molecule has 2 aromatic carbocycles. The fourth-order valence-electron chi connectivity index (χ4n) is 1.88. The molecule has 2 aromatic rings. The third kappa shape index (κ3) is 5.24. The number of hydrogen-bond acceptors (Lipinski definition) is 6. The Bertz CT molecular complexity index is 772. The quantitative estimate of drug-likeness (QED) is 0.576. The summed E-state index contributed by atoms with van der Waals surface area (Å²) in [5.74, 6) is -0.651. The molecule has 0 bridgehead atoms. The van der Waals surface area contributed by atoms with E-state index in [1.807, 2.05) is 37.3 Å². The number of carbonyl (C=O) groups excluding carboxylic acids is 1. The van der Waals surface area contributed by atoms with E-state index in [9.17, 15) is 13.2 Å². The highest BCUT2D eigenvalue weighted by Crippen LogP contribution is 2.14. The molecule has 0 spiro atoms. The minimum atomic E-state index is -4.10. The van der Waals surface area contributed by atoms with E-state index in [1.54, 1.807) is 12.1 Å². The summed E-state index contributed by atoms with van der Waals surface area (Å²) in [6.45, 7) is 1.72. The molecule has 0 saturated carbocycles. The van der Waals surface area contributed by atoms with E-state index in [1.165, 1.54) is 12.1 Å². The average molecular weight is 349 g/mol. The largest absolute Gasteiger partial charge is 0.369 e. The molecule has 2 N–H and O–H groups in total. The lowest BCUT2D eigenvalue weighted by atomic mass is 10.2. The van der Waals surface area contributed by atoms with Crippen molar-refractivity contribution in [2.75, 3.05) is 6.61 Å². The van der Waals surface area contributed by atoms with Gasteiger partial charge in [0, 0.05) is 0 Å². The number of Topliss-reactive ketones (excluding diaryl/α,β-unsaturated/α-hetero) is 1. The van der Waals surface area contributed by atoms with Gasteiger partial charge >= 0.3 is 0 Å². The maximum atomic E-state index is 12.1. The van der Waals surface area contributed by atoms with Crippen LogP contribution in [0.25, 0.3) is 0 Å². The summed E-state index contributed by atoms with van der Waals surface area (Å²) >= 11 is 0. The number of rotatable bonds is 8. The van der Waals surface area contributed by atoms with Crippen LogP contribution < -0.4 is 5.73 Å². The molecule has 0 aliphatic carbocycles. The van der Waals surface area contributed by atoms with Gasteiger partial charge in [0.15, 0.2) is 6.23 Å². The van der Waals surface area contributed by atoms with Crippen molar-refractivity contribution in [2.45, 2.75) is 24.7 Å². The molecule has 0 aliphatic rings. The van der Waals surface area contributed by atoms with Crippen molar-refractivity contribution in [3.8, 4) is 0 Å². The minimum Gasteiger partial charge on any atom is -0.369 e. The summed E-state index contributed by atoms with van der Waals surface area (Å²) in [4.78, 5) is 11.8. The lowest BCUT2D eigenvalue weighted by Crippen LogP contribution is -2.37. The number of nitrogens with two attached hydrogens (primary N) is 1. The number of ketones is 1. The molecular weight excluding hydrogens is 330 g/mol. The van der Waals surface area contributed by atoms with Gasteiger partial charge in [-0.05, 0) is 24.6 Å². The number of aryl methyl sites for hydroxylation is 1. The highest BCUT2D eigenvalue weighted by Gasteiger charge is 2.24. The van der Waals surface area contributed by atoms with Gasteiger partial charge < -0.3 is 4.74 Å². The second-order valence-corrected chi connectivity index (χ2v) is 6.80. The van der Waals surface area contributed by atoms with E-state index >= 15 is 0 Å². The van der Waals surface area contributed by atoms with Crippen molar-refractivity contribution in [2.24, 2.45) is 5.73 Å². The molecule has 0 heterocycles. The Labute approximate surface area is 141 Å². The fraction of sp³-hybridized carbons (Fsp3) is 0.235. The van der Waals surface area contributed by atoms with Gasteiger partial charge in [0.25, 0.3) is 10.1 Å². The molecule has 0 fully saturated rings. The van der Waals surface area contributed by atoms with E-state index in [-0.39, 0.29) is 18.1 Å². The Hall–Kier alpha value is -2.06. The molecule has 1 unspecified atom stereocenters. The molecule has 24 heavy (non-hydrogen) atoms. The maximum Gasteiger partial charge on any atom is 0.298 e. The van der Waals surface area contributed by atoms with Gasteiger partial charge in [-0.25, -0.2) is 4.18 Å². The molecule has 0 amide bonds. The molecule has 0 radical (unpaired) electrons. The van der Waals surface area contributed by atoms with Crippen molar-refractivity contribution in [1.82, 2.24) is 0 Å². The maximum absolute atomic E-state index is 12.1. The molecule has 1 atom stereocenters. The van der Waals surface area contributed by atoms with Crippen LogP contribution >= 0.6 is 0 Å². The van der Waals surface area contributed by atoms with Gasteiger partial charge in [-0.1, -0.05) is 48.0 Å². The van der Waals surface area contributed by atoms with Crippen LogP contribution in [0.5, 0.6) is 0 Å². The second-order valence-electron chi connectivity index (χ2n) is 5.23. The Balaban J connectivity index is 1.87. The summed E-state index contributed by atoms with van der Waals surface area (Å²) in [5.41, 5.74) is 7.32. The zero-order valence-corrected chi connectivity index (χ0v) is 14.0. The van der Waals surface area contributed by atoms with Gasteiger partial charge in [-0.2, -0.15) is 8.42 Å². The smallest absolute Gasteiger partial charge is 0.298 e. The summed E-state index contributed by atoms with van der Waals surface area (Å²) in [6.07, 6.45) is -1.60.